The molecule has 2 aliphatic rings. The van der Waals surface area contributed by atoms with E-state index in [1.807, 2.05) is 0 Å². The second-order valence-corrected chi connectivity index (χ2v) is 8.13. The maximum atomic E-state index is 13.1. The van der Waals surface area contributed by atoms with Gasteiger partial charge in [0.15, 0.2) is 0 Å². The molecule has 11 nitrogen and oxygen atoms in total. The number of hydrogen-bond donors (Lipinski definition) is 4. The second-order valence-electron chi connectivity index (χ2n) is 7.69. The van der Waals surface area contributed by atoms with E-state index in [0.717, 1.165) is 0 Å². The molecule has 0 radical (unpaired) electrons. The van der Waals surface area contributed by atoms with Crippen LogP contribution in [0.25, 0.3) is 11.3 Å². The summed E-state index contributed by atoms with van der Waals surface area (Å²) < 4.78 is 1.39. The maximum absolute atomic E-state index is 13.1. The van der Waals surface area contributed by atoms with Gasteiger partial charge in [-0.3, -0.25) is 14.2 Å². The minimum atomic E-state index is -1.05. The third-order valence-electron chi connectivity index (χ3n) is 5.58. The third-order valence-corrected chi connectivity index (χ3v) is 5.82. The number of aromatic nitrogens is 2. The van der Waals surface area contributed by atoms with Gasteiger partial charge in [0.2, 0.25) is 5.91 Å². The predicted octanol–water partition coefficient (Wildman–Crippen LogP) is 2.16. The molecule has 3 heterocycles. The van der Waals surface area contributed by atoms with Crippen molar-refractivity contribution in [2.24, 2.45) is 5.10 Å². The Bertz CT molecular complexity index is 1390. The van der Waals surface area contributed by atoms with Crippen molar-refractivity contribution in [2.45, 2.75) is 18.9 Å². The summed E-state index contributed by atoms with van der Waals surface area (Å²) in [7, 11) is 0. The molecule has 5 rings (SSSR count). The first-order valence-corrected chi connectivity index (χ1v) is 10.7. The highest BCUT2D eigenvalue weighted by atomic mass is 35.5. The molecule has 1 amide bonds. The van der Waals surface area contributed by atoms with Crippen LogP contribution in [-0.2, 0) is 11.2 Å². The number of rotatable bonds is 5. The molecule has 1 atom stereocenters. The summed E-state index contributed by atoms with van der Waals surface area (Å²) in [5, 5.41) is 17.8. The monoisotopic (exact) mass is 479 g/mol. The van der Waals surface area contributed by atoms with Crippen LogP contribution in [0.4, 0.5) is 11.4 Å². The number of hydrazone groups is 1. The van der Waals surface area contributed by atoms with Crippen LogP contribution in [0.15, 0.2) is 58.4 Å². The number of anilines is 2. The second kappa shape index (κ2) is 8.61. The van der Waals surface area contributed by atoms with Crippen molar-refractivity contribution >= 4 is 41.2 Å². The van der Waals surface area contributed by atoms with E-state index >= 15 is 0 Å². The Kier molecular flexibility index (Phi) is 5.48. The molecule has 0 spiro atoms. The van der Waals surface area contributed by atoms with Crippen LogP contribution in [0.5, 0.6) is 0 Å². The molecular weight excluding hydrogens is 462 g/mol. The van der Waals surface area contributed by atoms with E-state index in [0.29, 0.717) is 46.3 Å². The summed E-state index contributed by atoms with van der Waals surface area (Å²) in [6.07, 6.45) is 2.40. The predicted molar refractivity (Wildman–Crippen MR) is 126 cm³/mol. The van der Waals surface area contributed by atoms with E-state index in [4.69, 9.17) is 16.7 Å². The molecule has 0 saturated carbocycles. The van der Waals surface area contributed by atoms with Gasteiger partial charge in [-0.05, 0) is 48.9 Å². The average Bonchev–Trinajstić information content (AvgIpc) is 3.50. The van der Waals surface area contributed by atoms with Crippen molar-refractivity contribution in [1.29, 1.82) is 0 Å². The van der Waals surface area contributed by atoms with Gasteiger partial charge in [-0.2, -0.15) is 5.10 Å². The van der Waals surface area contributed by atoms with Gasteiger partial charge in [-0.15, -0.1) is 5.53 Å². The van der Waals surface area contributed by atoms with Crippen LogP contribution >= 0.6 is 11.6 Å². The minimum absolute atomic E-state index is 0.115. The number of carboxylic acids is 1. The van der Waals surface area contributed by atoms with Gasteiger partial charge in [0.05, 0.1) is 16.9 Å². The summed E-state index contributed by atoms with van der Waals surface area (Å²) in [4.78, 5) is 41.7. The van der Waals surface area contributed by atoms with E-state index in [-0.39, 0.29) is 17.0 Å². The SMILES string of the molecule is O=C(O)c1ccc(NC(=O)C2CCc3nc(-c4cc(Cl)ccc4N4C=NNN4)cc(=O)n32)cc1. The fourth-order valence-corrected chi connectivity index (χ4v) is 4.17. The number of amides is 1. The Morgan fingerprint density at radius 1 is 1.15 bits per heavy atom. The number of hydrazine groups is 2. The summed E-state index contributed by atoms with van der Waals surface area (Å²) in [6.45, 7) is 0. The first-order valence-electron chi connectivity index (χ1n) is 10.3. The Morgan fingerprint density at radius 3 is 2.65 bits per heavy atom. The van der Waals surface area contributed by atoms with E-state index in [1.165, 1.54) is 41.2 Å². The zero-order valence-corrected chi connectivity index (χ0v) is 18.3. The molecule has 0 bridgehead atoms. The lowest BCUT2D eigenvalue weighted by molar-refractivity contribution is -0.119. The van der Waals surface area contributed by atoms with Crippen LogP contribution < -0.4 is 27.0 Å². The highest BCUT2D eigenvalue weighted by molar-refractivity contribution is 6.31. The van der Waals surface area contributed by atoms with Crippen molar-refractivity contribution < 1.29 is 14.7 Å². The Hall–Kier alpha value is -4.22. The number of carboxylic acid groups (broad SMARTS) is 1. The standard InChI is InChI=1S/C22H18ClN7O4/c23-13-3-6-17(29-11-24-27-28-29)15(9-13)16-10-20(31)30-18(7-8-19(30)26-16)21(32)25-14-4-1-12(2-5-14)22(33)34/h1-6,9-11,18,27-28H,7-8H2,(H,25,32)(H,33,34). The lowest BCUT2D eigenvalue weighted by Crippen LogP contribution is -2.37. The van der Waals surface area contributed by atoms with Crippen molar-refractivity contribution in [2.75, 3.05) is 10.3 Å². The molecule has 0 aliphatic carbocycles. The average molecular weight is 480 g/mol. The molecule has 172 valence electrons. The maximum Gasteiger partial charge on any atom is 0.335 e. The first kappa shape index (κ1) is 21.6. The molecule has 12 heteroatoms. The molecule has 1 aromatic heterocycles. The van der Waals surface area contributed by atoms with Crippen molar-refractivity contribution in [3.05, 3.63) is 75.3 Å². The molecule has 4 N–H and O–H groups in total. The van der Waals surface area contributed by atoms with Gasteiger partial charge in [0.25, 0.3) is 5.56 Å². The Morgan fingerprint density at radius 2 is 1.94 bits per heavy atom. The number of aromatic carboxylic acids is 1. The topological polar surface area (TPSA) is 141 Å². The molecule has 2 aliphatic heterocycles. The number of halogens is 1. The quantitative estimate of drug-likeness (QED) is 0.436. The van der Waals surface area contributed by atoms with Gasteiger partial charge in [-0.25, -0.2) is 20.3 Å². The number of aryl methyl sites for hydroxylation is 1. The largest absolute Gasteiger partial charge is 0.478 e. The molecule has 0 fully saturated rings. The highest BCUT2D eigenvalue weighted by Gasteiger charge is 2.31. The molecule has 1 unspecified atom stereocenters. The molecule has 34 heavy (non-hydrogen) atoms. The number of fused-ring (bicyclic) bond motifs is 1. The molecule has 2 aromatic carbocycles. The number of benzene rings is 2. The van der Waals surface area contributed by atoms with Crippen LogP contribution in [0.2, 0.25) is 5.02 Å². The van der Waals surface area contributed by atoms with E-state index in [2.05, 4.69) is 26.5 Å². The van der Waals surface area contributed by atoms with Crippen molar-refractivity contribution in [3.8, 4) is 11.3 Å². The number of nitrogens with one attached hydrogen (secondary N) is 3. The minimum Gasteiger partial charge on any atom is -0.478 e. The number of nitrogens with zero attached hydrogens (tertiary/aromatic N) is 4. The third kappa shape index (κ3) is 3.98. The van der Waals surface area contributed by atoms with Crippen molar-refractivity contribution in [3.63, 3.8) is 0 Å². The number of carbonyl (C=O) groups is 2. The molecular formula is C22H18ClN7O4. The zero-order chi connectivity index (χ0) is 23.8. The summed E-state index contributed by atoms with van der Waals surface area (Å²) in [5.74, 6) is -0.926. The van der Waals surface area contributed by atoms with Gasteiger partial charge in [0, 0.05) is 28.8 Å². The Balaban J connectivity index is 1.44. The zero-order valence-electron chi connectivity index (χ0n) is 17.5. The van der Waals surface area contributed by atoms with Crippen LogP contribution in [-0.4, -0.2) is 32.9 Å². The number of carbonyl (C=O) groups excluding carboxylic acids is 1. The van der Waals surface area contributed by atoms with Crippen LogP contribution in [0.3, 0.4) is 0 Å². The summed E-state index contributed by atoms with van der Waals surface area (Å²) in [6, 6.07) is 11.7. The van der Waals surface area contributed by atoms with Crippen LogP contribution in [0, 0.1) is 0 Å². The van der Waals surface area contributed by atoms with Gasteiger partial charge in [0.1, 0.15) is 18.2 Å². The van der Waals surface area contributed by atoms with E-state index < -0.39 is 12.0 Å². The van der Waals surface area contributed by atoms with Gasteiger partial charge < -0.3 is 10.4 Å². The molecule has 0 saturated heterocycles. The summed E-state index contributed by atoms with van der Waals surface area (Å²) in [5.41, 5.74) is 7.41. The smallest absolute Gasteiger partial charge is 0.335 e. The van der Waals surface area contributed by atoms with Gasteiger partial charge >= 0.3 is 5.97 Å². The Labute approximate surface area is 197 Å². The molecule has 3 aromatic rings. The lowest BCUT2D eigenvalue weighted by atomic mass is 10.1. The van der Waals surface area contributed by atoms with E-state index in [1.54, 1.807) is 23.2 Å². The van der Waals surface area contributed by atoms with Crippen molar-refractivity contribution in [1.82, 2.24) is 20.6 Å². The van der Waals surface area contributed by atoms with Gasteiger partial charge in [-0.1, -0.05) is 11.6 Å². The number of hydrogen-bond acceptors (Lipinski definition) is 8. The van der Waals surface area contributed by atoms with Crippen LogP contribution in [0.1, 0.15) is 28.6 Å². The normalized spacial score (nSPS) is 16.3. The highest BCUT2D eigenvalue weighted by Crippen LogP contribution is 2.33. The fraction of sp³-hybridized carbons (Fsp3) is 0.136. The first-order chi connectivity index (χ1) is 16.4. The summed E-state index contributed by atoms with van der Waals surface area (Å²) >= 11 is 6.21. The fourth-order valence-electron chi connectivity index (χ4n) is 4.00. The van der Waals surface area contributed by atoms with E-state index in [9.17, 15) is 14.4 Å². The lowest BCUT2D eigenvalue weighted by Gasteiger charge is -2.19.